The molecule has 3 aromatic carbocycles. The van der Waals surface area contributed by atoms with Crippen LogP contribution in [0.5, 0.6) is 5.75 Å². The number of carbonyl (C=O) groups excluding carboxylic acids is 3. The third-order valence-electron chi connectivity index (χ3n) is 13.8. The molecule has 2 fully saturated rings. The molecule has 2 saturated carbocycles. The van der Waals surface area contributed by atoms with Crippen molar-refractivity contribution in [3.05, 3.63) is 94.5 Å². The van der Waals surface area contributed by atoms with E-state index in [1.807, 2.05) is 45.0 Å². The van der Waals surface area contributed by atoms with Crippen molar-refractivity contribution in [3.63, 3.8) is 0 Å². The molecule has 7 heteroatoms. The van der Waals surface area contributed by atoms with Crippen molar-refractivity contribution in [1.82, 2.24) is 5.32 Å². The van der Waals surface area contributed by atoms with Gasteiger partial charge in [0.2, 0.25) is 11.8 Å². The van der Waals surface area contributed by atoms with Crippen molar-refractivity contribution in [2.75, 3.05) is 5.32 Å². The van der Waals surface area contributed by atoms with E-state index in [-0.39, 0.29) is 34.5 Å². The van der Waals surface area contributed by atoms with Crippen LogP contribution in [0.15, 0.2) is 66.7 Å². The highest BCUT2D eigenvalue weighted by atomic mass is 16.6. The molecule has 0 aliphatic heterocycles. The lowest BCUT2D eigenvalue weighted by molar-refractivity contribution is -0.150. The predicted molar refractivity (Wildman–Crippen MR) is 209 cm³/mol. The van der Waals surface area contributed by atoms with E-state index < -0.39 is 22.5 Å². The first-order chi connectivity index (χ1) is 25.0. The molecule has 4 aliphatic rings. The number of aryl methyl sites for hydroxylation is 2. The number of amides is 3. The lowest BCUT2D eigenvalue weighted by atomic mass is 9.49. The summed E-state index contributed by atoms with van der Waals surface area (Å²) in [6, 6.07) is 22.9. The summed E-state index contributed by atoms with van der Waals surface area (Å²) in [7, 11) is 0. The summed E-state index contributed by atoms with van der Waals surface area (Å²) in [4.78, 5) is 41.9. The van der Waals surface area contributed by atoms with Gasteiger partial charge < -0.3 is 9.47 Å². The van der Waals surface area contributed by atoms with Crippen LogP contribution in [0, 0.1) is 22.7 Å². The molecular formula is C46H58N2O5. The average Bonchev–Trinajstić information content (AvgIpc) is 3.10. The molecule has 0 heterocycles. The van der Waals surface area contributed by atoms with Gasteiger partial charge in [-0.2, -0.15) is 0 Å². The van der Waals surface area contributed by atoms with Gasteiger partial charge in [0.15, 0.2) is 0 Å². The monoisotopic (exact) mass is 718 g/mol. The van der Waals surface area contributed by atoms with Gasteiger partial charge in [0.05, 0.1) is 10.8 Å². The Kier molecular flexibility index (Phi) is 9.56. The first-order valence-electron chi connectivity index (χ1n) is 19.8. The fraction of sp³-hybridized carbons (Fsp3) is 0.543. The molecule has 0 saturated heterocycles. The molecule has 4 aliphatic carbocycles. The van der Waals surface area contributed by atoms with Gasteiger partial charge in [-0.15, -0.1) is 0 Å². The Morgan fingerprint density at radius 2 is 1.26 bits per heavy atom. The van der Waals surface area contributed by atoms with E-state index in [1.54, 1.807) is 0 Å². The van der Waals surface area contributed by atoms with Crippen LogP contribution >= 0.6 is 0 Å². The SMILES string of the molecule is CC(C)(C)OC(=O)Nc1ccc2c(c1)[C@@]1(C)CCC[C@](C)(C(=O)NC(=O)[C@@]3(C)CCC[C@]4(C)c5cc(OCc6ccccc6)ccc5CC[C@@H]34)[C@@H]1CC2. The van der Waals surface area contributed by atoms with Crippen LogP contribution in [-0.2, 0) is 44.6 Å². The number of hydrogen-bond acceptors (Lipinski definition) is 5. The fourth-order valence-corrected chi connectivity index (χ4v) is 11.2. The van der Waals surface area contributed by atoms with Crippen molar-refractivity contribution >= 4 is 23.6 Å². The molecular weight excluding hydrogens is 661 g/mol. The summed E-state index contributed by atoms with van der Waals surface area (Å²) in [5.41, 5.74) is 4.48. The largest absolute Gasteiger partial charge is 0.489 e. The minimum absolute atomic E-state index is 0.0566. The third kappa shape index (κ3) is 6.78. The molecule has 0 aromatic heterocycles. The summed E-state index contributed by atoms with van der Waals surface area (Å²) in [6.45, 7) is 14.9. The summed E-state index contributed by atoms with van der Waals surface area (Å²) >= 11 is 0. The molecule has 0 radical (unpaired) electrons. The van der Waals surface area contributed by atoms with Crippen LogP contribution in [0.4, 0.5) is 10.5 Å². The number of carbonyl (C=O) groups is 3. The summed E-state index contributed by atoms with van der Waals surface area (Å²) in [6.07, 6.45) is 8.36. The van der Waals surface area contributed by atoms with Gasteiger partial charge in [-0.05, 0) is 147 Å². The molecule has 0 unspecified atom stereocenters. The molecule has 7 rings (SSSR count). The summed E-state index contributed by atoms with van der Waals surface area (Å²) in [5.74, 6) is 0.769. The van der Waals surface area contributed by atoms with Crippen LogP contribution in [0.1, 0.15) is 128 Å². The van der Waals surface area contributed by atoms with Crippen LogP contribution in [0.3, 0.4) is 0 Å². The number of benzene rings is 3. The fourth-order valence-electron chi connectivity index (χ4n) is 11.2. The molecule has 53 heavy (non-hydrogen) atoms. The number of nitrogens with one attached hydrogen (secondary N) is 2. The number of imide groups is 1. The third-order valence-corrected chi connectivity index (χ3v) is 13.8. The van der Waals surface area contributed by atoms with Gasteiger partial charge in [0.25, 0.3) is 0 Å². The van der Waals surface area contributed by atoms with Crippen molar-refractivity contribution in [2.45, 2.75) is 136 Å². The highest BCUT2D eigenvalue weighted by Gasteiger charge is 2.58. The number of anilines is 1. The molecule has 3 amide bonds. The van der Waals surface area contributed by atoms with Gasteiger partial charge in [0, 0.05) is 5.69 Å². The van der Waals surface area contributed by atoms with Crippen LogP contribution in [-0.4, -0.2) is 23.5 Å². The zero-order valence-corrected chi connectivity index (χ0v) is 32.8. The second-order valence-electron chi connectivity index (χ2n) is 18.4. The Hall–Kier alpha value is -4.13. The Labute approximate surface area is 316 Å². The zero-order valence-electron chi connectivity index (χ0n) is 32.8. The molecule has 7 nitrogen and oxygen atoms in total. The Morgan fingerprint density at radius 1 is 0.717 bits per heavy atom. The van der Waals surface area contributed by atoms with E-state index in [0.717, 1.165) is 75.5 Å². The molecule has 282 valence electrons. The smallest absolute Gasteiger partial charge is 0.412 e. The lowest BCUT2D eigenvalue weighted by Crippen LogP contribution is -2.60. The standard InChI is InChI=1S/C46H58N2O5/c1-42(2,3)53-41(51)47-33-19-15-31-17-21-37-43(4,35(31)27-33)23-11-25-45(37,6)39(49)48-40(50)46(7)26-12-24-44(5)36-28-34(20-16-32(36)18-22-38(44)46)52-29-30-13-9-8-10-14-30/h8-10,13-16,19-20,27-28,37-38H,11-12,17-18,21-26,29H2,1-7H3,(H,47,51)(H,48,49,50)/t37-,38-,43-,44-,45+,46+/m1/s1. The minimum atomic E-state index is -0.701. The number of ether oxygens (including phenoxy) is 2. The maximum absolute atomic E-state index is 14.6. The molecule has 3 aromatic rings. The number of hydrogen-bond donors (Lipinski definition) is 2. The summed E-state index contributed by atoms with van der Waals surface area (Å²) in [5, 5.41) is 6.01. The molecule has 2 N–H and O–H groups in total. The van der Waals surface area contributed by atoms with E-state index in [0.29, 0.717) is 12.3 Å². The maximum atomic E-state index is 14.6. The summed E-state index contributed by atoms with van der Waals surface area (Å²) < 4.78 is 11.8. The van der Waals surface area contributed by atoms with Crippen molar-refractivity contribution in [3.8, 4) is 5.75 Å². The molecule has 0 bridgehead atoms. The van der Waals surface area contributed by atoms with Crippen LogP contribution in [0.2, 0.25) is 0 Å². The van der Waals surface area contributed by atoms with Crippen LogP contribution < -0.4 is 15.4 Å². The Bertz CT molecular complexity index is 1900. The highest BCUT2D eigenvalue weighted by molar-refractivity contribution is 6.01. The van der Waals surface area contributed by atoms with Gasteiger partial charge in [-0.1, -0.05) is 83.0 Å². The Morgan fingerprint density at radius 3 is 1.83 bits per heavy atom. The zero-order chi connectivity index (χ0) is 37.8. The molecule has 6 atom stereocenters. The average molecular weight is 719 g/mol. The van der Waals surface area contributed by atoms with E-state index in [9.17, 15) is 14.4 Å². The van der Waals surface area contributed by atoms with E-state index in [4.69, 9.17) is 9.47 Å². The minimum Gasteiger partial charge on any atom is -0.489 e. The van der Waals surface area contributed by atoms with E-state index >= 15 is 0 Å². The van der Waals surface area contributed by atoms with Crippen molar-refractivity contribution < 1.29 is 23.9 Å². The van der Waals surface area contributed by atoms with E-state index in [2.05, 4.69) is 80.8 Å². The topological polar surface area (TPSA) is 93.7 Å². The van der Waals surface area contributed by atoms with Gasteiger partial charge in [0.1, 0.15) is 18.0 Å². The maximum Gasteiger partial charge on any atom is 0.412 e. The second-order valence-corrected chi connectivity index (χ2v) is 18.4. The highest BCUT2D eigenvalue weighted by Crippen LogP contribution is 2.60. The second kappa shape index (κ2) is 13.6. The first-order valence-corrected chi connectivity index (χ1v) is 19.8. The normalized spacial score (nSPS) is 30.4. The first kappa shape index (κ1) is 37.2. The van der Waals surface area contributed by atoms with Gasteiger partial charge in [-0.25, -0.2) is 4.79 Å². The molecule has 0 spiro atoms. The van der Waals surface area contributed by atoms with Gasteiger partial charge >= 0.3 is 6.09 Å². The lowest BCUT2D eigenvalue weighted by Gasteiger charge is -2.56. The predicted octanol–water partition coefficient (Wildman–Crippen LogP) is 9.98. The Balaban J connectivity index is 1.10. The van der Waals surface area contributed by atoms with Crippen LogP contribution in [0.25, 0.3) is 0 Å². The number of fused-ring (bicyclic) bond motifs is 6. The van der Waals surface area contributed by atoms with Crippen molar-refractivity contribution in [1.29, 1.82) is 0 Å². The van der Waals surface area contributed by atoms with Gasteiger partial charge in [-0.3, -0.25) is 20.2 Å². The quantitative estimate of drug-likeness (QED) is 0.248. The van der Waals surface area contributed by atoms with Crippen molar-refractivity contribution in [2.24, 2.45) is 22.7 Å². The van der Waals surface area contributed by atoms with E-state index in [1.165, 1.54) is 22.3 Å². The number of rotatable bonds is 6.